The number of hydrogen-bond acceptors (Lipinski definition) is 4. The number of nitrogens with two attached hydrogens (primary N) is 1. The molecule has 2 N–H and O–H groups in total. The normalized spacial score (nSPS) is 22.4. The monoisotopic (exact) mass is 311 g/mol. The van der Waals surface area contributed by atoms with Gasteiger partial charge in [-0.2, -0.15) is 0 Å². The van der Waals surface area contributed by atoms with E-state index in [9.17, 15) is 0 Å². The molecule has 0 amide bonds. The molecule has 1 aromatic heterocycles. The predicted octanol–water partition coefficient (Wildman–Crippen LogP) is 3.59. The van der Waals surface area contributed by atoms with E-state index in [1.165, 1.54) is 6.42 Å². The lowest BCUT2D eigenvalue weighted by Crippen LogP contribution is -2.09. The maximum atomic E-state index is 6.27. The van der Waals surface area contributed by atoms with Crippen LogP contribution in [0.3, 0.4) is 0 Å². The Balaban J connectivity index is 2.06. The van der Waals surface area contributed by atoms with Crippen LogP contribution in [0.5, 0.6) is 0 Å². The summed E-state index contributed by atoms with van der Waals surface area (Å²) in [7, 11) is 0. The van der Waals surface area contributed by atoms with Crippen LogP contribution < -0.4 is 5.73 Å². The number of nitrogen functional groups attached to an aromatic ring is 1. The van der Waals surface area contributed by atoms with Crippen molar-refractivity contribution in [3.8, 4) is 11.4 Å². The first-order chi connectivity index (χ1) is 9.56. The highest BCUT2D eigenvalue weighted by Gasteiger charge is 2.27. The van der Waals surface area contributed by atoms with Crippen molar-refractivity contribution >= 4 is 28.9 Å². The van der Waals surface area contributed by atoms with Crippen molar-refractivity contribution in [1.29, 1.82) is 0 Å². The van der Waals surface area contributed by atoms with E-state index in [1.54, 1.807) is 12.1 Å². The van der Waals surface area contributed by atoms with Crippen molar-refractivity contribution in [2.24, 2.45) is 5.92 Å². The minimum absolute atomic E-state index is 0.311. The van der Waals surface area contributed by atoms with Crippen LogP contribution in [0.1, 0.15) is 32.2 Å². The Morgan fingerprint density at radius 1 is 1.30 bits per heavy atom. The summed E-state index contributed by atoms with van der Waals surface area (Å²) in [6.45, 7) is 2.24. The molecule has 0 spiro atoms. The van der Waals surface area contributed by atoms with Gasteiger partial charge in [-0.05, 0) is 47.7 Å². The molecule has 7 heteroatoms. The summed E-state index contributed by atoms with van der Waals surface area (Å²) >= 11 is 12.3. The Labute approximate surface area is 127 Å². The van der Waals surface area contributed by atoms with Crippen LogP contribution in [0.25, 0.3) is 11.4 Å². The van der Waals surface area contributed by atoms with Crippen LogP contribution in [-0.4, -0.2) is 20.2 Å². The molecule has 20 heavy (non-hydrogen) atoms. The summed E-state index contributed by atoms with van der Waals surface area (Å²) in [4.78, 5) is 0. The summed E-state index contributed by atoms with van der Waals surface area (Å²) in [5.41, 5.74) is 7.07. The number of aromatic nitrogens is 4. The molecule has 2 aromatic rings. The molecule has 0 saturated heterocycles. The summed E-state index contributed by atoms with van der Waals surface area (Å²) in [5.74, 6) is 1.32. The van der Waals surface area contributed by atoms with E-state index >= 15 is 0 Å². The fraction of sp³-hybridized carbons (Fsp3) is 0.462. The van der Waals surface area contributed by atoms with Gasteiger partial charge < -0.3 is 5.73 Å². The molecular weight excluding hydrogens is 297 g/mol. The number of benzene rings is 1. The van der Waals surface area contributed by atoms with Crippen LogP contribution in [-0.2, 0) is 0 Å². The van der Waals surface area contributed by atoms with Gasteiger partial charge >= 0.3 is 0 Å². The lowest BCUT2D eigenvalue weighted by atomic mass is 10.1. The fourth-order valence-corrected chi connectivity index (χ4v) is 3.21. The molecular formula is C13H15Cl2N5. The fourth-order valence-electron chi connectivity index (χ4n) is 2.79. The van der Waals surface area contributed by atoms with Gasteiger partial charge in [-0.3, -0.25) is 0 Å². The van der Waals surface area contributed by atoms with Crippen molar-refractivity contribution in [2.45, 2.75) is 32.2 Å². The Hall–Kier alpha value is -1.33. The molecule has 3 rings (SSSR count). The minimum Gasteiger partial charge on any atom is -0.399 e. The van der Waals surface area contributed by atoms with Crippen molar-refractivity contribution in [2.75, 3.05) is 5.73 Å². The molecule has 1 heterocycles. The Kier molecular flexibility index (Phi) is 3.56. The Morgan fingerprint density at radius 3 is 2.80 bits per heavy atom. The summed E-state index contributed by atoms with van der Waals surface area (Å²) in [6.07, 6.45) is 3.34. The molecule has 1 saturated carbocycles. The average molecular weight is 312 g/mol. The van der Waals surface area contributed by atoms with Crippen molar-refractivity contribution < 1.29 is 0 Å². The van der Waals surface area contributed by atoms with Gasteiger partial charge in [-0.25, -0.2) is 4.68 Å². The van der Waals surface area contributed by atoms with Crippen LogP contribution in [0, 0.1) is 5.92 Å². The molecule has 2 atom stereocenters. The molecule has 1 aromatic carbocycles. The van der Waals surface area contributed by atoms with Gasteiger partial charge in [0, 0.05) is 11.3 Å². The SMILES string of the molecule is CC1CCC(n2nnnc2-c2cc(N)cc(Cl)c2Cl)C1. The number of halogens is 2. The third-order valence-electron chi connectivity index (χ3n) is 3.80. The summed E-state index contributed by atoms with van der Waals surface area (Å²) < 4.78 is 1.85. The van der Waals surface area contributed by atoms with Gasteiger partial charge in [-0.15, -0.1) is 5.10 Å². The molecule has 1 fully saturated rings. The maximum absolute atomic E-state index is 6.27. The van der Waals surface area contributed by atoms with E-state index in [4.69, 9.17) is 28.9 Å². The van der Waals surface area contributed by atoms with E-state index in [-0.39, 0.29) is 0 Å². The molecule has 2 unspecified atom stereocenters. The molecule has 0 radical (unpaired) electrons. The molecule has 1 aliphatic rings. The molecule has 0 aliphatic heterocycles. The Morgan fingerprint density at radius 2 is 2.10 bits per heavy atom. The topological polar surface area (TPSA) is 69.6 Å². The minimum atomic E-state index is 0.311. The smallest absolute Gasteiger partial charge is 0.183 e. The second kappa shape index (κ2) is 5.22. The van der Waals surface area contributed by atoms with Crippen LogP contribution >= 0.6 is 23.2 Å². The second-order valence-electron chi connectivity index (χ2n) is 5.38. The van der Waals surface area contributed by atoms with E-state index < -0.39 is 0 Å². The zero-order valence-corrected chi connectivity index (χ0v) is 12.6. The van der Waals surface area contributed by atoms with Gasteiger partial charge in [0.2, 0.25) is 0 Å². The van der Waals surface area contributed by atoms with Gasteiger partial charge in [-0.1, -0.05) is 30.1 Å². The number of tetrazole rings is 1. The van der Waals surface area contributed by atoms with Crippen LogP contribution in [0.2, 0.25) is 10.0 Å². The first-order valence-electron chi connectivity index (χ1n) is 6.59. The third-order valence-corrected chi connectivity index (χ3v) is 4.60. The number of nitrogens with zero attached hydrogens (tertiary/aromatic N) is 4. The van der Waals surface area contributed by atoms with E-state index in [1.807, 2.05) is 4.68 Å². The lowest BCUT2D eigenvalue weighted by Gasteiger charge is -2.13. The highest BCUT2D eigenvalue weighted by Crippen LogP contribution is 2.39. The first kappa shape index (κ1) is 13.6. The van der Waals surface area contributed by atoms with Gasteiger partial charge in [0.15, 0.2) is 5.82 Å². The predicted molar refractivity (Wildman–Crippen MR) is 79.7 cm³/mol. The number of anilines is 1. The Bertz CT molecular complexity index is 640. The largest absolute Gasteiger partial charge is 0.399 e. The molecule has 1 aliphatic carbocycles. The van der Waals surface area contributed by atoms with Crippen molar-refractivity contribution in [1.82, 2.24) is 20.2 Å². The highest BCUT2D eigenvalue weighted by molar-refractivity contribution is 6.43. The molecule has 0 bridgehead atoms. The summed E-state index contributed by atoms with van der Waals surface area (Å²) in [6, 6.07) is 3.69. The maximum Gasteiger partial charge on any atom is 0.183 e. The van der Waals surface area contributed by atoms with Crippen LogP contribution in [0.15, 0.2) is 12.1 Å². The standard InChI is InChI=1S/C13H15Cl2N5/c1-7-2-3-9(4-7)20-13(17-18-19-20)10-5-8(16)6-11(14)12(10)15/h5-7,9H,2-4,16H2,1H3. The summed E-state index contributed by atoms with van der Waals surface area (Å²) in [5, 5.41) is 12.9. The number of rotatable bonds is 2. The quantitative estimate of drug-likeness (QED) is 0.860. The molecule has 5 nitrogen and oxygen atoms in total. The first-order valence-corrected chi connectivity index (χ1v) is 7.34. The van der Waals surface area contributed by atoms with Gasteiger partial charge in [0.25, 0.3) is 0 Å². The van der Waals surface area contributed by atoms with E-state index in [0.717, 1.165) is 12.8 Å². The van der Waals surface area contributed by atoms with Gasteiger partial charge in [0.1, 0.15) is 0 Å². The van der Waals surface area contributed by atoms with E-state index in [2.05, 4.69) is 22.4 Å². The zero-order valence-electron chi connectivity index (χ0n) is 11.1. The average Bonchev–Trinajstić information content (AvgIpc) is 3.01. The second-order valence-corrected chi connectivity index (χ2v) is 6.17. The van der Waals surface area contributed by atoms with Crippen LogP contribution in [0.4, 0.5) is 5.69 Å². The zero-order chi connectivity index (χ0) is 14.3. The van der Waals surface area contributed by atoms with Crippen molar-refractivity contribution in [3.05, 3.63) is 22.2 Å². The van der Waals surface area contributed by atoms with E-state index in [0.29, 0.717) is 39.1 Å². The molecule has 106 valence electrons. The van der Waals surface area contributed by atoms with Crippen molar-refractivity contribution in [3.63, 3.8) is 0 Å². The lowest BCUT2D eigenvalue weighted by molar-refractivity contribution is 0.443. The third kappa shape index (κ3) is 2.36. The van der Waals surface area contributed by atoms with Gasteiger partial charge in [0.05, 0.1) is 16.1 Å². The number of hydrogen-bond donors (Lipinski definition) is 1. The highest BCUT2D eigenvalue weighted by atomic mass is 35.5.